The molecule has 1 aromatic heterocycles. The molecule has 0 saturated carbocycles. The van der Waals surface area contributed by atoms with E-state index in [1.807, 2.05) is 59.5 Å². The standard InChI is InChI=1S/C29H17N5O3S2/c30-15-18-25(22-14-13-21(37-22)16-9-11-17(12-10-16)34(35)36)26(28-32-19-5-1-3-7-23(19)38-28)27(31)33-20-6-2-4-8-24(20)39-29(18)33/h1-14,25,31-32H/b28-26+,31-27?. The number of nitro groups is 1. The van der Waals surface area contributed by atoms with Gasteiger partial charge in [-0.25, -0.2) is 0 Å². The molecule has 0 radical (unpaired) electrons. The maximum Gasteiger partial charge on any atom is 0.269 e. The Morgan fingerprint density at radius 3 is 2.46 bits per heavy atom. The van der Waals surface area contributed by atoms with Crippen LogP contribution in [0, 0.1) is 26.9 Å². The van der Waals surface area contributed by atoms with Crippen LogP contribution < -0.4 is 10.2 Å². The topological polar surface area (TPSA) is 119 Å². The van der Waals surface area contributed by atoms with E-state index < -0.39 is 10.8 Å². The third kappa shape index (κ3) is 3.66. The van der Waals surface area contributed by atoms with Gasteiger partial charge in [-0.3, -0.25) is 20.4 Å². The Morgan fingerprint density at radius 1 is 0.974 bits per heavy atom. The van der Waals surface area contributed by atoms with Crippen LogP contribution in [0.25, 0.3) is 11.3 Å². The van der Waals surface area contributed by atoms with Crippen molar-refractivity contribution in [2.45, 2.75) is 15.7 Å². The number of nitriles is 1. The Bertz CT molecular complexity index is 1790. The number of thioether (sulfide) groups is 2. The molecular formula is C29H17N5O3S2. The van der Waals surface area contributed by atoms with E-state index in [-0.39, 0.29) is 11.5 Å². The van der Waals surface area contributed by atoms with Crippen LogP contribution in [0.2, 0.25) is 0 Å². The summed E-state index contributed by atoms with van der Waals surface area (Å²) >= 11 is 3.02. The molecule has 3 aromatic carbocycles. The van der Waals surface area contributed by atoms with Gasteiger partial charge >= 0.3 is 0 Å². The van der Waals surface area contributed by atoms with Crippen LogP contribution in [-0.2, 0) is 0 Å². The van der Waals surface area contributed by atoms with Crippen molar-refractivity contribution < 1.29 is 9.34 Å². The summed E-state index contributed by atoms with van der Waals surface area (Å²) in [5, 5.41) is 35.9. The number of allylic oxidation sites excluding steroid dienone is 1. The molecule has 1 unspecified atom stereocenters. The Labute approximate surface area is 231 Å². The molecular weight excluding hydrogens is 530 g/mol. The van der Waals surface area contributed by atoms with E-state index >= 15 is 0 Å². The molecule has 39 heavy (non-hydrogen) atoms. The molecule has 4 heterocycles. The highest BCUT2D eigenvalue weighted by atomic mass is 32.2. The minimum Gasteiger partial charge on any atom is -0.460 e. The Morgan fingerprint density at radius 2 is 1.72 bits per heavy atom. The van der Waals surface area contributed by atoms with Crippen molar-refractivity contribution in [1.82, 2.24) is 0 Å². The summed E-state index contributed by atoms with van der Waals surface area (Å²) in [5.41, 5.74) is 3.65. The lowest BCUT2D eigenvalue weighted by molar-refractivity contribution is -0.384. The first-order chi connectivity index (χ1) is 19.0. The number of hydrogen-bond acceptors (Lipinski definition) is 8. The predicted molar refractivity (Wildman–Crippen MR) is 152 cm³/mol. The Hall–Kier alpha value is -4.72. The number of benzene rings is 3. The zero-order valence-corrected chi connectivity index (χ0v) is 21.7. The van der Waals surface area contributed by atoms with Gasteiger partial charge in [-0.1, -0.05) is 47.8 Å². The molecule has 4 aromatic rings. The zero-order chi connectivity index (χ0) is 26.7. The summed E-state index contributed by atoms with van der Waals surface area (Å²) in [7, 11) is 0. The second-order valence-corrected chi connectivity index (χ2v) is 11.1. The molecule has 1 atom stereocenters. The molecule has 10 heteroatoms. The van der Waals surface area contributed by atoms with Crippen molar-refractivity contribution in [3.05, 3.63) is 122 Å². The van der Waals surface area contributed by atoms with E-state index in [2.05, 4.69) is 11.4 Å². The van der Waals surface area contributed by atoms with Crippen molar-refractivity contribution in [2.24, 2.45) is 0 Å². The van der Waals surface area contributed by atoms with Crippen LogP contribution in [0.15, 0.2) is 120 Å². The highest BCUT2D eigenvalue weighted by Crippen LogP contribution is 2.56. The highest BCUT2D eigenvalue weighted by molar-refractivity contribution is 8.04. The summed E-state index contributed by atoms with van der Waals surface area (Å²) in [4.78, 5) is 14.5. The van der Waals surface area contributed by atoms with E-state index in [9.17, 15) is 20.8 Å². The lowest BCUT2D eigenvalue weighted by Gasteiger charge is -2.33. The Kier molecular flexibility index (Phi) is 5.36. The van der Waals surface area contributed by atoms with E-state index in [1.165, 1.54) is 35.7 Å². The average Bonchev–Trinajstić information content (AvgIpc) is 3.69. The van der Waals surface area contributed by atoms with Gasteiger partial charge in [0.05, 0.1) is 38.9 Å². The summed E-state index contributed by atoms with van der Waals surface area (Å²) in [5.74, 6) is 0.710. The number of anilines is 2. The molecule has 2 N–H and O–H groups in total. The third-order valence-electron chi connectivity index (χ3n) is 6.79. The van der Waals surface area contributed by atoms with Crippen LogP contribution in [0.3, 0.4) is 0 Å². The summed E-state index contributed by atoms with van der Waals surface area (Å²) in [6.45, 7) is 0. The minimum absolute atomic E-state index is 0.00316. The van der Waals surface area contributed by atoms with Crippen molar-refractivity contribution in [3.63, 3.8) is 0 Å². The van der Waals surface area contributed by atoms with Gasteiger partial charge in [0.1, 0.15) is 22.4 Å². The number of amidine groups is 1. The molecule has 0 fully saturated rings. The monoisotopic (exact) mass is 547 g/mol. The molecule has 3 aliphatic rings. The quantitative estimate of drug-likeness (QED) is 0.198. The molecule has 0 saturated heterocycles. The fourth-order valence-electron chi connectivity index (χ4n) is 4.99. The molecule has 0 aliphatic carbocycles. The zero-order valence-electron chi connectivity index (χ0n) is 20.0. The normalized spacial score (nSPS) is 19.3. The molecule has 0 amide bonds. The number of nitrogens with zero attached hydrogens (tertiary/aromatic N) is 3. The van der Waals surface area contributed by atoms with Gasteiger partial charge in [0, 0.05) is 33.1 Å². The van der Waals surface area contributed by atoms with E-state index in [0.717, 1.165) is 26.2 Å². The number of nitro benzene ring substituents is 1. The van der Waals surface area contributed by atoms with Crippen molar-refractivity contribution in [3.8, 4) is 17.4 Å². The number of hydrogen-bond donors (Lipinski definition) is 2. The molecule has 0 spiro atoms. The van der Waals surface area contributed by atoms with Gasteiger partial charge in [0.25, 0.3) is 5.69 Å². The number of furan rings is 1. The second-order valence-electron chi connectivity index (χ2n) is 8.99. The van der Waals surface area contributed by atoms with E-state index in [1.54, 1.807) is 18.2 Å². The maximum atomic E-state index is 11.1. The Balaban J connectivity index is 1.40. The van der Waals surface area contributed by atoms with Crippen LogP contribution in [-0.4, -0.2) is 10.8 Å². The fourth-order valence-corrected chi connectivity index (χ4v) is 7.25. The molecule has 188 valence electrons. The first-order valence-corrected chi connectivity index (χ1v) is 13.6. The van der Waals surface area contributed by atoms with Crippen LogP contribution in [0.1, 0.15) is 11.7 Å². The molecule has 8 nitrogen and oxygen atoms in total. The average molecular weight is 548 g/mol. The minimum atomic E-state index is -0.619. The summed E-state index contributed by atoms with van der Waals surface area (Å²) in [6.07, 6.45) is 0. The van der Waals surface area contributed by atoms with Crippen LogP contribution >= 0.6 is 23.5 Å². The fraction of sp³-hybridized carbons (Fsp3) is 0.0345. The van der Waals surface area contributed by atoms with Gasteiger partial charge in [0.2, 0.25) is 0 Å². The van der Waals surface area contributed by atoms with Gasteiger partial charge < -0.3 is 9.73 Å². The lowest BCUT2D eigenvalue weighted by atomic mass is 9.86. The largest absolute Gasteiger partial charge is 0.460 e. The first kappa shape index (κ1) is 23.4. The molecule has 0 bridgehead atoms. The van der Waals surface area contributed by atoms with Crippen LogP contribution in [0.5, 0.6) is 0 Å². The summed E-state index contributed by atoms with van der Waals surface area (Å²) in [6, 6.07) is 28.0. The van der Waals surface area contributed by atoms with Gasteiger partial charge in [0.15, 0.2) is 0 Å². The van der Waals surface area contributed by atoms with Crippen LogP contribution in [0.4, 0.5) is 17.1 Å². The lowest BCUT2D eigenvalue weighted by Crippen LogP contribution is -2.36. The van der Waals surface area contributed by atoms with Crippen molar-refractivity contribution >= 4 is 46.4 Å². The summed E-state index contributed by atoms with van der Waals surface area (Å²) < 4.78 is 6.33. The van der Waals surface area contributed by atoms with E-state index in [4.69, 9.17) is 4.42 Å². The number of para-hydroxylation sites is 2. The SMILES string of the molecule is N#CC1=C2Sc3ccccc3N2C(=N)/C(=C2\Nc3ccccc3S2)C1c1ccc(-c2ccc([N+](=O)[O-])cc2)o1. The van der Waals surface area contributed by atoms with Crippen molar-refractivity contribution in [2.75, 3.05) is 10.2 Å². The second kappa shape index (κ2) is 8.94. The molecule has 7 rings (SSSR count). The number of rotatable bonds is 3. The number of non-ortho nitro benzene ring substituents is 1. The number of nitrogens with one attached hydrogen (secondary N) is 2. The number of fused-ring (bicyclic) bond motifs is 4. The predicted octanol–water partition coefficient (Wildman–Crippen LogP) is 7.71. The van der Waals surface area contributed by atoms with Gasteiger partial charge in [-0.2, -0.15) is 5.26 Å². The highest BCUT2D eigenvalue weighted by Gasteiger charge is 2.45. The van der Waals surface area contributed by atoms with Crippen molar-refractivity contribution in [1.29, 1.82) is 10.7 Å². The first-order valence-electron chi connectivity index (χ1n) is 12.0. The van der Waals surface area contributed by atoms with Gasteiger partial charge in [-0.05, 0) is 48.5 Å². The maximum absolute atomic E-state index is 11.1. The van der Waals surface area contributed by atoms with Gasteiger partial charge in [-0.15, -0.1) is 0 Å². The van der Waals surface area contributed by atoms with E-state index in [0.29, 0.717) is 33.3 Å². The molecule has 3 aliphatic heterocycles. The third-order valence-corrected chi connectivity index (χ3v) is 9.05. The smallest absolute Gasteiger partial charge is 0.269 e.